The van der Waals surface area contributed by atoms with Crippen molar-refractivity contribution in [1.82, 2.24) is 0 Å². The topological polar surface area (TPSA) is 50.4 Å². The number of nitrogens with one attached hydrogen (secondary N) is 1. The van der Waals surface area contributed by atoms with Gasteiger partial charge in [0.25, 0.3) is 0 Å². The number of aliphatic imine (C=N–C) groups is 1. The van der Waals surface area contributed by atoms with Crippen LogP contribution in [0, 0.1) is 17.5 Å². The first-order valence-corrected chi connectivity index (χ1v) is 4.81. The molecular weight excluding hydrogens is 219 g/mol. The molecule has 3 nitrogen and oxygen atoms in total. The fourth-order valence-electron chi connectivity index (χ4n) is 1.19. The summed E-state index contributed by atoms with van der Waals surface area (Å²) in [5, 5.41) is 2.40. The van der Waals surface area contributed by atoms with E-state index in [1.165, 1.54) is 0 Å². The van der Waals surface area contributed by atoms with E-state index < -0.39 is 17.5 Å². The molecule has 6 heteroatoms. The van der Waals surface area contributed by atoms with Crippen molar-refractivity contribution in [2.75, 3.05) is 5.32 Å². The van der Waals surface area contributed by atoms with Crippen LogP contribution in [-0.4, -0.2) is 12.0 Å². The van der Waals surface area contributed by atoms with Crippen molar-refractivity contribution in [2.45, 2.75) is 18.9 Å². The predicted molar refractivity (Wildman–Crippen MR) is 54.6 cm³/mol. The third-order valence-corrected chi connectivity index (χ3v) is 2.14. The summed E-state index contributed by atoms with van der Waals surface area (Å²) in [6.07, 6.45) is 1.89. The van der Waals surface area contributed by atoms with Gasteiger partial charge in [-0.15, -0.1) is 0 Å². The molecule has 1 aromatic rings. The lowest BCUT2D eigenvalue weighted by molar-refractivity contribution is 0.496. The summed E-state index contributed by atoms with van der Waals surface area (Å²) in [7, 11) is 0. The van der Waals surface area contributed by atoms with Gasteiger partial charge < -0.3 is 11.1 Å². The second kappa shape index (κ2) is 4.03. The summed E-state index contributed by atoms with van der Waals surface area (Å²) < 4.78 is 38.6. The highest BCUT2D eigenvalue weighted by atomic mass is 19.2. The second-order valence-corrected chi connectivity index (χ2v) is 3.62. The predicted octanol–water partition coefficient (Wildman–Crippen LogP) is 1.99. The van der Waals surface area contributed by atoms with E-state index >= 15 is 0 Å². The molecule has 0 saturated heterocycles. The van der Waals surface area contributed by atoms with E-state index in [0.29, 0.717) is 12.1 Å². The van der Waals surface area contributed by atoms with Crippen molar-refractivity contribution >= 4 is 11.6 Å². The summed E-state index contributed by atoms with van der Waals surface area (Å²) in [5.74, 6) is -3.27. The van der Waals surface area contributed by atoms with Crippen molar-refractivity contribution in [2.24, 2.45) is 10.7 Å². The Balaban J connectivity index is 2.17. The smallest absolute Gasteiger partial charge is 0.193 e. The van der Waals surface area contributed by atoms with Crippen LogP contribution in [0.1, 0.15) is 12.8 Å². The van der Waals surface area contributed by atoms with Gasteiger partial charge in [-0.3, -0.25) is 0 Å². The van der Waals surface area contributed by atoms with Gasteiger partial charge in [0.15, 0.2) is 17.6 Å². The average Bonchev–Trinajstić information content (AvgIpc) is 2.98. The number of hydrogen-bond donors (Lipinski definition) is 2. The summed E-state index contributed by atoms with van der Waals surface area (Å²) in [6.45, 7) is 0. The molecule has 0 aromatic heterocycles. The molecule has 1 aliphatic carbocycles. The minimum Gasteiger partial charge on any atom is -0.370 e. The molecule has 0 amide bonds. The Labute approximate surface area is 90.2 Å². The van der Waals surface area contributed by atoms with Crippen LogP contribution in [0.3, 0.4) is 0 Å². The molecule has 86 valence electrons. The van der Waals surface area contributed by atoms with Gasteiger partial charge in [-0.25, -0.2) is 18.2 Å². The van der Waals surface area contributed by atoms with Gasteiger partial charge in [-0.05, 0) is 12.8 Å². The molecule has 0 radical (unpaired) electrons. The van der Waals surface area contributed by atoms with Gasteiger partial charge in [0.05, 0.1) is 11.7 Å². The number of benzene rings is 1. The zero-order valence-electron chi connectivity index (χ0n) is 8.30. The van der Waals surface area contributed by atoms with E-state index in [1.807, 2.05) is 0 Å². The first-order chi connectivity index (χ1) is 7.56. The number of hydrogen-bond acceptors (Lipinski definition) is 1. The molecule has 0 bridgehead atoms. The van der Waals surface area contributed by atoms with Gasteiger partial charge in [0.2, 0.25) is 0 Å². The molecule has 0 unspecified atom stereocenters. The van der Waals surface area contributed by atoms with Gasteiger partial charge in [-0.2, -0.15) is 0 Å². The molecule has 2 rings (SSSR count). The normalized spacial score (nSPS) is 16.3. The minimum absolute atomic E-state index is 0.00686. The van der Waals surface area contributed by atoms with Crippen LogP contribution >= 0.6 is 0 Å². The number of halogens is 3. The van der Waals surface area contributed by atoms with Gasteiger partial charge >= 0.3 is 0 Å². The molecule has 0 aliphatic heterocycles. The van der Waals surface area contributed by atoms with Gasteiger partial charge in [0.1, 0.15) is 5.82 Å². The highest BCUT2D eigenvalue weighted by molar-refractivity contribution is 5.92. The lowest BCUT2D eigenvalue weighted by Gasteiger charge is -2.07. The highest BCUT2D eigenvalue weighted by Crippen LogP contribution is 2.24. The summed E-state index contributed by atoms with van der Waals surface area (Å²) in [5.41, 5.74) is 5.24. The second-order valence-electron chi connectivity index (χ2n) is 3.62. The molecule has 3 N–H and O–H groups in total. The third kappa shape index (κ3) is 2.44. The van der Waals surface area contributed by atoms with Crippen molar-refractivity contribution in [3.05, 3.63) is 29.6 Å². The monoisotopic (exact) mass is 229 g/mol. The number of nitrogens with two attached hydrogens (primary N) is 1. The Hall–Kier alpha value is -1.72. The number of nitrogens with zero attached hydrogens (tertiary/aromatic N) is 1. The molecule has 16 heavy (non-hydrogen) atoms. The van der Waals surface area contributed by atoms with E-state index in [-0.39, 0.29) is 17.7 Å². The maximum atomic E-state index is 13.2. The van der Waals surface area contributed by atoms with Crippen LogP contribution in [-0.2, 0) is 0 Å². The molecule has 0 spiro atoms. The zero-order chi connectivity index (χ0) is 11.7. The molecule has 0 atom stereocenters. The molecular formula is C10H10F3N3. The van der Waals surface area contributed by atoms with E-state index in [4.69, 9.17) is 5.73 Å². The van der Waals surface area contributed by atoms with E-state index in [0.717, 1.165) is 12.8 Å². The molecule has 1 saturated carbocycles. The highest BCUT2D eigenvalue weighted by Gasteiger charge is 2.20. The van der Waals surface area contributed by atoms with Crippen LogP contribution in [0.25, 0.3) is 0 Å². The van der Waals surface area contributed by atoms with Crippen LogP contribution in [0.15, 0.2) is 17.1 Å². The van der Waals surface area contributed by atoms with Gasteiger partial charge in [0, 0.05) is 12.1 Å². The lowest BCUT2D eigenvalue weighted by Crippen LogP contribution is -2.23. The van der Waals surface area contributed by atoms with Crippen LogP contribution < -0.4 is 11.1 Å². The summed E-state index contributed by atoms with van der Waals surface area (Å²) in [4.78, 5) is 3.98. The van der Waals surface area contributed by atoms with Crippen molar-refractivity contribution < 1.29 is 13.2 Å². The zero-order valence-corrected chi connectivity index (χ0v) is 8.30. The number of rotatable bonds is 2. The van der Waals surface area contributed by atoms with E-state index in [1.54, 1.807) is 0 Å². The quantitative estimate of drug-likeness (QED) is 0.463. The van der Waals surface area contributed by atoms with Gasteiger partial charge in [-0.1, -0.05) is 0 Å². The first kappa shape index (κ1) is 10.8. The first-order valence-electron chi connectivity index (χ1n) is 4.81. The Kier molecular flexibility index (Phi) is 2.72. The third-order valence-electron chi connectivity index (χ3n) is 2.14. The minimum atomic E-state index is -1.24. The van der Waals surface area contributed by atoms with Crippen molar-refractivity contribution in [3.63, 3.8) is 0 Å². The Morgan fingerprint density at radius 2 is 1.81 bits per heavy atom. The maximum absolute atomic E-state index is 13.2. The number of anilines is 1. The van der Waals surface area contributed by atoms with Crippen molar-refractivity contribution in [3.8, 4) is 0 Å². The van der Waals surface area contributed by atoms with E-state index in [2.05, 4.69) is 10.3 Å². The average molecular weight is 229 g/mol. The largest absolute Gasteiger partial charge is 0.370 e. The molecule has 1 fully saturated rings. The molecule has 1 aliphatic rings. The fraction of sp³-hybridized carbons (Fsp3) is 0.300. The summed E-state index contributed by atoms with van der Waals surface area (Å²) in [6, 6.07) is 1.34. The molecule has 1 aromatic carbocycles. The Morgan fingerprint density at radius 1 is 1.19 bits per heavy atom. The molecule has 0 heterocycles. The Bertz CT molecular complexity index is 441. The van der Waals surface area contributed by atoms with Crippen LogP contribution in [0.5, 0.6) is 0 Å². The standard InChI is InChI=1S/C10H10F3N3/c11-6-3-8(13)9(4-7(6)12)16-10(14)15-5-1-2-5/h3-5H,1-2H2,(H3,14,15,16). The maximum Gasteiger partial charge on any atom is 0.193 e. The number of guanidine groups is 1. The fourth-order valence-corrected chi connectivity index (χ4v) is 1.19. The summed E-state index contributed by atoms with van der Waals surface area (Å²) >= 11 is 0. The van der Waals surface area contributed by atoms with Crippen molar-refractivity contribution in [1.29, 1.82) is 0 Å². The van der Waals surface area contributed by atoms with Crippen LogP contribution in [0.2, 0.25) is 0 Å². The van der Waals surface area contributed by atoms with E-state index in [9.17, 15) is 13.2 Å². The SMILES string of the molecule is NC(=NC1CC1)Nc1cc(F)c(F)cc1F. The Morgan fingerprint density at radius 3 is 2.44 bits per heavy atom. The lowest BCUT2D eigenvalue weighted by atomic mass is 10.3. The van der Waals surface area contributed by atoms with Crippen LogP contribution in [0.4, 0.5) is 18.9 Å².